The van der Waals surface area contributed by atoms with Crippen molar-refractivity contribution in [2.45, 2.75) is 54.0 Å². The summed E-state index contributed by atoms with van der Waals surface area (Å²) in [4.78, 5) is 28.9. The van der Waals surface area contributed by atoms with E-state index in [1.807, 2.05) is 51.7 Å². The number of hydrogen-bond donors (Lipinski definition) is 1. The predicted molar refractivity (Wildman–Crippen MR) is 102 cm³/mol. The second kappa shape index (κ2) is 10.2. The van der Waals surface area contributed by atoms with Crippen LogP contribution in [-0.2, 0) is 14.3 Å². The number of rotatable bonds is 10. The second-order valence-electron chi connectivity index (χ2n) is 9.28. The van der Waals surface area contributed by atoms with E-state index in [0.29, 0.717) is 19.9 Å². The molecule has 1 N–H and O–H groups in total. The molecular weight excluding hydrogens is 318 g/mol. The van der Waals surface area contributed by atoms with Gasteiger partial charge in [-0.05, 0) is 26.6 Å². The lowest BCUT2D eigenvalue weighted by Gasteiger charge is -2.30. The van der Waals surface area contributed by atoms with E-state index < -0.39 is 11.5 Å². The van der Waals surface area contributed by atoms with Gasteiger partial charge in [0.2, 0.25) is 5.91 Å². The number of ether oxygens (including phenoxy) is 1. The van der Waals surface area contributed by atoms with Crippen molar-refractivity contribution in [2.75, 3.05) is 47.6 Å². The van der Waals surface area contributed by atoms with Crippen molar-refractivity contribution >= 4 is 11.7 Å². The van der Waals surface area contributed by atoms with Gasteiger partial charge in [0.15, 0.2) is 0 Å². The van der Waals surface area contributed by atoms with Crippen LogP contribution in [0.15, 0.2) is 0 Å². The molecule has 0 spiro atoms. The first-order valence-corrected chi connectivity index (χ1v) is 8.98. The van der Waals surface area contributed by atoms with Gasteiger partial charge in [-0.25, -0.2) is 0 Å². The molecule has 0 radical (unpaired) electrons. The number of ketones is 1. The van der Waals surface area contributed by atoms with Crippen molar-refractivity contribution in [1.82, 2.24) is 15.1 Å². The van der Waals surface area contributed by atoms with Gasteiger partial charge in [0.05, 0.1) is 19.4 Å². The fourth-order valence-electron chi connectivity index (χ4n) is 2.04. The van der Waals surface area contributed by atoms with Crippen LogP contribution >= 0.6 is 0 Å². The Bertz CT molecular complexity index is 423. The molecule has 25 heavy (non-hydrogen) atoms. The average Bonchev–Trinajstić information content (AvgIpc) is 2.41. The highest BCUT2D eigenvalue weighted by atomic mass is 16.5. The largest absolute Gasteiger partial charge is 0.366 e. The molecule has 0 saturated carbocycles. The Hall–Kier alpha value is -0.980. The molecule has 0 aromatic carbocycles. The molecule has 0 aromatic heterocycles. The van der Waals surface area contributed by atoms with E-state index in [1.54, 1.807) is 0 Å². The molecule has 6 nitrogen and oxygen atoms in total. The SMILES string of the molecule is CN(C)CCNC(=O)[C@H](CC(=O)C(C)(C)C)N(C)COCC(C)(C)C. The summed E-state index contributed by atoms with van der Waals surface area (Å²) in [5.74, 6) is -0.0516. The van der Waals surface area contributed by atoms with Crippen LogP contribution in [0.3, 0.4) is 0 Å². The van der Waals surface area contributed by atoms with Gasteiger partial charge in [-0.2, -0.15) is 0 Å². The lowest BCUT2D eigenvalue weighted by atomic mass is 9.86. The van der Waals surface area contributed by atoms with Gasteiger partial charge in [-0.3, -0.25) is 14.5 Å². The third-order valence-electron chi connectivity index (χ3n) is 3.74. The topological polar surface area (TPSA) is 61.9 Å². The Balaban J connectivity index is 4.86. The first-order chi connectivity index (χ1) is 11.2. The molecule has 0 aliphatic heterocycles. The predicted octanol–water partition coefficient (Wildman–Crippen LogP) is 1.99. The molecule has 0 fully saturated rings. The van der Waals surface area contributed by atoms with Crippen molar-refractivity contribution in [2.24, 2.45) is 10.8 Å². The average molecular weight is 358 g/mol. The lowest BCUT2D eigenvalue weighted by Crippen LogP contribution is -2.49. The summed E-state index contributed by atoms with van der Waals surface area (Å²) in [5.41, 5.74) is -0.402. The molecular formula is C19H39N3O3. The normalized spacial score (nSPS) is 14.0. The van der Waals surface area contributed by atoms with Crippen LogP contribution in [0.4, 0.5) is 0 Å². The molecule has 6 heteroatoms. The number of amides is 1. The lowest BCUT2D eigenvalue weighted by molar-refractivity contribution is -0.136. The summed E-state index contributed by atoms with van der Waals surface area (Å²) >= 11 is 0. The minimum atomic E-state index is -0.520. The third-order valence-corrected chi connectivity index (χ3v) is 3.74. The smallest absolute Gasteiger partial charge is 0.237 e. The number of carbonyl (C=O) groups is 2. The first kappa shape index (κ1) is 24.0. The summed E-state index contributed by atoms with van der Waals surface area (Å²) in [5, 5.41) is 2.93. The molecule has 0 unspecified atom stereocenters. The number of carbonyl (C=O) groups excluding carboxylic acids is 2. The van der Waals surface area contributed by atoms with Crippen LogP contribution in [0, 0.1) is 10.8 Å². The highest BCUT2D eigenvalue weighted by Crippen LogP contribution is 2.20. The minimum absolute atomic E-state index is 0.0610. The molecule has 0 aliphatic rings. The molecule has 1 atom stereocenters. The number of nitrogens with one attached hydrogen (secondary N) is 1. The summed E-state index contributed by atoms with van der Waals surface area (Å²) in [6, 6.07) is -0.520. The van der Waals surface area contributed by atoms with E-state index in [9.17, 15) is 9.59 Å². The van der Waals surface area contributed by atoms with Gasteiger partial charge in [-0.15, -0.1) is 0 Å². The molecule has 0 saturated heterocycles. The first-order valence-electron chi connectivity index (χ1n) is 8.98. The van der Waals surface area contributed by atoms with Gasteiger partial charge in [0, 0.05) is 24.9 Å². The molecule has 1 amide bonds. The van der Waals surface area contributed by atoms with Crippen molar-refractivity contribution in [3.8, 4) is 0 Å². The van der Waals surface area contributed by atoms with Gasteiger partial charge >= 0.3 is 0 Å². The highest BCUT2D eigenvalue weighted by molar-refractivity contribution is 5.91. The van der Waals surface area contributed by atoms with E-state index in [-0.39, 0.29) is 23.5 Å². The Morgan fingerprint density at radius 2 is 1.60 bits per heavy atom. The summed E-state index contributed by atoms with van der Waals surface area (Å²) in [6.07, 6.45) is 0.187. The van der Waals surface area contributed by atoms with E-state index in [4.69, 9.17) is 4.74 Å². The van der Waals surface area contributed by atoms with E-state index in [0.717, 1.165) is 6.54 Å². The van der Waals surface area contributed by atoms with Crippen LogP contribution in [0.1, 0.15) is 48.0 Å². The van der Waals surface area contributed by atoms with Gasteiger partial charge < -0.3 is 15.0 Å². The monoisotopic (exact) mass is 357 g/mol. The van der Waals surface area contributed by atoms with Crippen LogP contribution < -0.4 is 5.32 Å². The number of Topliss-reactive ketones (excluding diaryl/α,β-unsaturated/α-hetero) is 1. The van der Waals surface area contributed by atoms with Crippen LogP contribution in [0.5, 0.6) is 0 Å². The molecule has 0 aromatic rings. The highest BCUT2D eigenvalue weighted by Gasteiger charge is 2.31. The number of nitrogens with zero attached hydrogens (tertiary/aromatic N) is 2. The van der Waals surface area contributed by atoms with Gasteiger partial charge in [-0.1, -0.05) is 41.5 Å². The maximum absolute atomic E-state index is 12.6. The maximum atomic E-state index is 12.6. The van der Waals surface area contributed by atoms with E-state index >= 15 is 0 Å². The second-order valence-corrected chi connectivity index (χ2v) is 9.28. The molecule has 0 bridgehead atoms. The summed E-state index contributed by atoms with van der Waals surface area (Å²) in [6.45, 7) is 14.2. The van der Waals surface area contributed by atoms with Crippen LogP contribution in [0.25, 0.3) is 0 Å². The van der Waals surface area contributed by atoms with Crippen molar-refractivity contribution in [3.05, 3.63) is 0 Å². The standard InChI is InChI=1S/C19H39N3O3/c1-18(2,3)13-25-14-22(9)15(12-16(23)19(4,5)6)17(24)20-10-11-21(7)8/h15H,10-14H2,1-9H3,(H,20,24)/t15-/m0/s1. The zero-order chi connectivity index (χ0) is 19.8. The van der Waals surface area contributed by atoms with Crippen molar-refractivity contribution in [1.29, 1.82) is 0 Å². The molecule has 0 rings (SSSR count). The van der Waals surface area contributed by atoms with Crippen LogP contribution in [-0.4, -0.2) is 75.1 Å². The fraction of sp³-hybridized carbons (Fsp3) is 0.895. The zero-order valence-corrected chi connectivity index (χ0v) is 17.7. The van der Waals surface area contributed by atoms with E-state index in [2.05, 4.69) is 26.1 Å². The maximum Gasteiger partial charge on any atom is 0.237 e. The Morgan fingerprint density at radius 3 is 2.04 bits per heavy atom. The van der Waals surface area contributed by atoms with Crippen molar-refractivity contribution in [3.63, 3.8) is 0 Å². The number of hydrogen-bond acceptors (Lipinski definition) is 5. The zero-order valence-electron chi connectivity index (χ0n) is 17.7. The summed E-state index contributed by atoms with van der Waals surface area (Å²) < 4.78 is 5.73. The van der Waals surface area contributed by atoms with Gasteiger partial charge in [0.25, 0.3) is 0 Å². The Labute approximate surface area is 154 Å². The van der Waals surface area contributed by atoms with Crippen LogP contribution in [0.2, 0.25) is 0 Å². The van der Waals surface area contributed by atoms with Crippen molar-refractivity contribution < 1.29 is 14.3 Å². The molecule has 0 heterocycles. The molecule has 0 aliphatic carbocycles. The summed E-state index contributed by atoms with van der Waals surface area (Å²) in [7, 11) is 5.74. The molecule has 148 valence electrons. The van der Waals surface area contributed by atoms with E-state index in [1.165, 1.54) is 0 Å². The quantitative estimate of drug-likeness (QED) is 0.606. The Morgan fingerprint density at radius 1 is 1.04 bits per heavy atom. The third kappa shape index (κ3) is 11.3. The van der Waals surface area contributed by atoms with Gasteiger partial charge in [0.1, 0.15) is 5.78 Å². The minimum Gasteiger partial charge on any atom is -0.366 e. The number of likely N-dealkylation sites (N-methyl/N-ethyl adjacent to an activating group) is 2. The fourth-order valence-corrected chi connectivity index (χ4v) is 2.04. The Kier molecular flexibility index (Phi) is 9.84.